The fourth-order valence-electron chi connectivity index (χ4n) is 4.77. The summed E-state index contributed by atoms with van der Waals surface area (Å²) in [5, 5.41) is 0. The van der Waals surface area contributed by atoms with Crippen molar-refractivity contribution in [2.75, 3.05) is 44.2 Å². The lowest BCUT2D eigenvalue weighted by Gasteiger charge is -2.35. The molecule has 2 amide bonds. The van der Waals surface area contributed by atoms with Crippen LogP contribution in [0.25, 0.3) is 0 Å². The molecule has 1 saturated carbocycles. The van der Waals surface area contributed by atoms with Gasteiger partial charge in [-0.2, -0.15) is 0 Å². The zero-order valence-corrected chi connectivity index (χ0v) is 15.8. The molecule has 146 valence electrons. The molecule has 7 nitrogen and oxygen atoms in total. The number of anilines is 1. The SMILES string of the molecule is NC1CCC2CN(C(=O)CCC(=O)N3CCN(c4ccccn4)CC3)CC12. The van der Waals surface area contributed by atoms with Gasteiger partial charge in [0.2, 0.25) is 11.8 Å². The lowest BCUT2D eigenvalue weighted by atomic mass is 9.98. The number of nitrogens with zero attached hydrogens (tertiary/aromatic N) is 4. The number of carbonyl (C=O) groups excluding carboxylic acids is 2. The first-order valence-electron chi connectivity index (χ1n) is 10.1. The summed E-state index contributed by atoms with van der Waals surface area (Å²) in [4.78, 5) is 35.4. The van der Waals surface area contributed by atoms with E-state index in [9.17, 15) is 9.59 Å². The van der Waals surface area contributed by atoms with Crippen molar-refractivity contribution in [1.82, 2.24) is 14.8 Å². The molecular formula is C20H29N5O2. The second kappa shape index (κ2) is 7.84. The molecule has 4 rings (SSSR count). The third-order valence-corrected chi connectivity index (χ3v) is 6.42. The molecule has 0 aromatic carbocycles. The molecular weight excluding hydrogens is 342 g/mol. The van der Waals surface area contributed by atoms with Crippen molar-refractivity contribution in [2.24, 2.45) is 17.6 Å². The molecule has 1 aliphatic carbocycles. The van der Waals surface area contributed by atoms with E-state index in [1.165, 1.54) is 0 Å². The van der Waals surface area contributed by atoms with Crippen molar-refractivity contribution < 1.29 is 9.59 Å². The number of amides is 2. The molecule has 1 aromatic rings. The zero-order chi connectivity index (χ0) is 18.8. The van der Waals surface area contributed by atoms with E-state index in [1.807, 2.05) is 28.0 Å². The van der Waals surface area contributed by atoms with E-state index in [0.717, 1.165) is 44.8 Å². The van der Waals surface area contributed by atoms with E-state index in [-0.39, 0.29) is 17.9 Å². The third kappa shape index (κ3) is 3.93. The van der Waals surface area contributed by atoms with Gasteiger partial charge in [-0.1, -0.05) is 6.07 Å². The number of nitrogens with two attached hydrogens (primary N) is 1. The average molecular weight is 371 g/mol. The summed E-state index contributed by atoms with van der Waals surface area (Å²) >= 11 is 0. The lowest BCUT2D eigenvalue weighted by molar-refractivity contribution is -0.136. The van der Waals surface area contributed by atoms with Crippen LogP contribution in [-0.4, -0.2) is 71.9 Å². The zero-order valence-electron chi connectivity index (χ0n) is 15.8. The van der Waals surface area contributed by atoms with Crippen LogP contribution in [0.5, 0.6) is 0 Å². The van der Waals surface area contributed by atoms with Crippen molar-refractivity contribution in [3.05, 3.63) is 24.4 Å². The van der Waals surface area contributed by atoms with E-state index < -0.39 is 0 Å². The predicted molar refractivity (Wildman–Crippen MR) is 103 cm³/mol. The van der Waals surface area contributed by atoms with Crippen molar-refractivity contribution in [3.8, 4) is 0 Å². The van der Waals surface area contributed by atoms with Crippen molar-refractivity contribution in [2.45, 2.75) is 31.7 Å². The number of likely N-dealkylation sites (tertiary alicyclic amines) is 1. The van der Waals surface area contributed by atoms with Gasteiger partial charge in [0.1, 0.15) is 5.82 Å². The number of fused-ring (bicyclic) bond motifs is 1. The van der Waals surface area contributed by atoms with Gasteiger partial charge in [0.15, 0.2) is 0 Å². The summed E-state index contributed by atoms with van der Waals surface area (Å²) in [6.45, 7) is 4.54. The Morgan fingerprint density at radius 2 is 1.74 bits per heavy atom. The second-order valence-electron chi connectivity index (χ2n) is 8.02. The molecule has 3 atom stereocenters. The normalized spacial score (nSPS) is 27.7. The maximum absolute atomic E-state index is 12.5. The van der Waals surface area contributed by atoms with Crippen LogP contribution in [0.3, 0.4) is 0 Å². The largest absolute Gasteiger partial charge is 0.353 e. The molecule has 3 heterocycles. The quantitative estimate of drug-likeness (QED) is 0.843. The van der Waals surface area contributed by atoms with Crippen LogP contribution in [-0.2, 0) is 9.59 Å². The molecule has 0 bridgehead atoms. The molecule has 1 aromatic heterocycles. The van der Waals surface area contributed by atoms with Gasteiger partial charge >= 0.3 is 0 Å². The molecule has 0 spiro atoms. The molecule has 2 saturated heterocycles. The Balaban J connectivity index is 1.21. The topological polar surface area (TPSA) is 82.8 Å². The molecule has 2 aliphatic heterocycles. The number of carbonyl (C=O) groups is 2. The van der Waals surface area contributed by atoms with Crippen LogP contribution < -0.4 is 10.6 Å². The molecule has 3 fully saturated rings. The van der Waals surface area contributed by atoms with Crippen molar-refractivity contribution in [1.29, 1.82) is 0 Å². The Morgan fingerprint density at radius 1 is 1.00 bits per heavy atom. The summed E-state index contributed by atoms with van der Waals surface area (Å²) in [7, 11) is 0. The van der Waals surface area contributed by atoms with Gasteiger partial charge in [0.25, 0.3) is 0 Å². The van der Waals surface area contributed by atoms with Gasteiger partial charge in [-0.25, -0.2) is 4.98 Å². The smallest absolute Gasteiger partial charge is 0.223 e. The highest BCUT2D eigenvalue weighted by Gasteiger charge is 2.42. The van der Waals surface area contributed by atoms with Gasteiger partial charge in [-0.15, -0.1) is 0 Å². The van der Waals surface area contributed by atoms with Gasteiger partial charge in [0, 0.05) is 64.3 Å². The number of pyridine rings is 1. The highest BCUT2D eigenvalue weighted by Crippen LogP contribution is 2.37. The highest BCUT2D eigenvalue weighted by atomic mass is 16.2. The van der Waals surface area contributed by atoms with Crippen LogP contribution in [0.15, 0.2) is 24.4 Å². The standard InChI is InChI=1S/C20H29N5O2/c21-17-5-4-15-13-25(14-16(15)17)20(27)7-6-19(26)24-11-9-23(10-12-24)18-3-1-2-8-22-18/h1-3,8,15-17H,4-7,9-14,21H2. The number of piperazine rings is 1. The molecule has 27 heavy (non-hydrogen) atoms. The first-order chi connectivity index (χ1) is 13.1. The molecule has 3 aliphatic rings. The number of rotatable bonds is 4. The monoisotopic (exact) mass is 371 g/mol. The third-order valence-electron chi connectivity index (χ3n) is 6.42. The Labute approximate surface area is 160 Å². The van der Waals surface area contributed by atoms with Crippen LogP contribution in [0.1, 0.15) is 25.7 Å². The average Bonchev–Trinajstić information content (AvgIpc) is 3.29. The van der Waals surface area contributed by atoms with Crippen LogP contribution in [0.4, 0.5) is 5.82 Å². The van der Waals surface area contributed by atoms with Crippen LogP contribution in [0.2, 0.25) is 0 Å². The second-order valence-corrected chi connectivity index (χ2v) is 8.02. The number of hydrogen-bond donors (Lipinski definition) is 1. The molecule has 0 radical (unpaired) electrons. The maximum Gasteiger partial charge on any atom is 0.223 e. The number of hydrogen-bond acceptors (Lipinski definition) is 5. The highest BCUT2D eigenvalue weighted by molar-refractivity contribution is 5.84. The van der Waals surface area contributed by atoms with E-state index in [4.69, 9.17) is 5.73 Å². The molecule has 3 unspecified atom stereocenters. The first kappa shape index (κ1) is 18.2. The first-order valence-corrected chi connectivity index (χ1v) is 10.1. The van der Waals surface area contributed by atoms with E-state index in [1.54, 1.807) is 6.20 Å². The van der Waals surface area contributed by atoms with Crippen LogP contribution >= 0.6 is 0 Å². The minimum Gasteiger partial charge on any atom is -0.353 e. The number of aromatic nitrogens is 1. The minimum absolute atomic E-state index is 0.0834. The Kier molecular flexibility index (Phi) is 5.29. The Morgan fingerprint density at radius 3 is 2.41 bits per heavy atom. The fourth-order valence-corrected chi connectivity index (χ4v) is 4.77. The summed E-state index contributed by atoms with van der Waals surface area (Å²) in [5.74, 6) is 2.18. The van der Waals surface area contributed by atoms with Gasteiger partial charge < -0.3 is 20.4 Å². The Bertz CT molecular complexity index is 674. The maximum atomic E-state index is 12.5. The van der Waals surface area contributed by atoms with Gasteiger partial charge in [0.05, 0.1) is 0 Å². The summed E-state index contributed by atoms with van der Waals surface area (Å²) in [6, 6.07) is 6.12. The Hall–Kier alpha value is -2.15. The summed E-state index contributed by atoms with van der Waals surface area (Å²) < 4.78 is 0. The summed E-state index contributed by atoms with van der Waals surface area (Å²) in [5.41, 5.74) is 6.15. The molecule has 2 N–H and O–H groups in total. The summed E-state index contributed by atoms with van der Waals surface area (Å²) in [6.07, 6.45) is 4.63. The van der Waals surface area contributed by atoms with Crippen molar-refractivity contribution >= 4 is 17.6 Å². The lowest BCUT2D eigenvalue weighted by Crippen LogP contribution is -2.49. The van der Waals surface area contributed by atoms with E-state index in [0.29, 0.717) is 37.8 Å². The van der Waals surface area contributed by atoms with Crippen LogP contribution in [0, 0.1) is 11.8 Å². The van der Waals surface area contributed by atoms with E-state index in [2.05, 4.69) is 9.88 Å². The van der Waals surface area contributed by atoms with Gasteiger partial charge in [-0.3, -0.25) is 9.59 Å². The van der Waals surface area contributed by atoms with E-state index >= 15 is 0 Å². The van der Waals surface area contributed by atoms with Gasteiger partial charge in [-0.05, 0) is 36.8 Å². The van der Waals surface area contributed by atoms with Crippen molar-refractivity contribution in [3.63, 3.8) is 0 Å². The minimum atomic E-state index is 0.0834. The fraction of sp³-hybridized carbons (Fsp3) is 0.650. The molecule has 7 heteroatoms. The predicted octanol–water partition coefficient (Wildman–Crippen LogP) is 0.706.